The van der Waals surface area contributed by atoms with E-state index < -0.39 is 0 Å². The number of hydrogen-bond donors (Lipinski definition) is 0. The lowest BCUT2D eigenvalue weighted by Gasteiger charge is -2.61. The van der Waals surface area contributed by atoms with Crippen molar-refractivity contribution in [1.82, 2.24) is 0 Å². The minimum Gasteiger partial charge on any atom is -0.462 e. The molecule has 4 aliphatic carbocycles. The van der Waals surface area contributed by atoms with Gasteiger partial charge in [0, 0.05) is 12.3 Å². The molecule has 0 spiro atoms. The van der Waals surface area contributed by atoms with E-state index in [0.29, 0.717) is 5.41 Å². The van der Waals surface area contributed by atoms with Crippen LogP contribution in [0, 0.1) is 34.5 Å². The van der Waals surface area contributed by atoms with Crippen LogP contribution in [-0.2, 0) is 9.53 Å². The van der Waals surface area contributed by atoms with Crippen molar-refractivity contribution in [3.8, 4) is 0 Å². The predicted octanol–water partition coefficient (Wildman–Crippen LogP) is 5.35. The molecule has 2 heteroatoms. The molecule has 4 aliphatic rings. The number of carbonyl (C=O) groups excluding carboxylic acids is 1. The largest absolute Gasteiger partial charge is 0.462 e. The fourth-order valence-electron chi connectivity index (χ4n) is 7.67. The first-order valence-electron chi connectivity index (χ1n) is 10.1. The molecule has 0 radical (unpaired) electrons. The number of ether oxygens (including phenoxy) is 1. The van der Waals surface area contributed by atoms with E-state index in [4.69, 9.17) is 4.74 Å². The molecule has 2 nitrogen and oxygen atoms in total. The second-order valence-electron chi connectivity index (χ2n) is 9.63. The number of hydrogen-bond acceptors (Lipinski definition) is 2. The molecule has 7 atom stereocenters. The highest BCUT2D eigenvalue weighted by Gasteiger charge is 2.60. The van der Waals surface area contributed by atoms with E-state index in [-0.39, 0.29) is 17.5 Å². The zero-order valence-electron chi connectivity index (χ0n) is 15.3. The van der Waals surface area contributed by atoms with Crippen LogP contribution in [0.15, 0.2) is 0 Å². The van der Waals surface area contributed by atoms with Gasteiger partial charge in [-0.1, -0.05) is 20.3 Å². The van der Waals surface area contributed by atoms with E-state index in [9.17, 15) is 4.79 Å². The summed E-state index contributed by atoms with van der Waals surface area (Å²) in [6.07, 6.45) is 13.8. The molecule has 0 aromatic rings. The van der Waals surface area contributed by atoms with Crippen molar-refractivity contribution in [2.45, 2.75) is 91.1 Å². The summed E-state index contributed by atoms with van der Waals surface area (Å²) < 4.78 is 5.91. The smallest absolute Gasteiger partial charge is 0.302 e. The van der Waals surface area contributed by atoms with Crippen LogP contribution in [0.3, 0.4) is 0 Å². The van der Waals surface area contributed by atoms with Gasteiger partial charge < -0.3 is 4.74 Å². The summed E-state index contributed by atoms with van der Waals surface area (Å²) in [7, 11) is 0. The van der Waals surface area contributed by atoms with Crippen molar-refractivity contribution in [3.63, 3.8) is 0 Å². The third-order valence-corrected chi connectivity index (χ3v) is 8.77. The SMILES string of the molecule is CC(=O)O[C@H]1CCC[C@@H]2CC[C@@H]3[C@@H]4CCC[C@]4(C)CC[C@@H]3[C@@]21C. The zero-order chi connectivity index (χ0) is 16.2. The molecule has 0 unspecified atom stereocenters. The van der Waals surface area contributed by atoms with E-state index >= 15 is 0 Å². The molecule has 0 amide bonds. The summed E-state index contributed by atoms with van der Waals surface area (Å²) in [6, 6.07) is 0. The van der Waals surface area contributed by atoms with Crippen molar-refractivity contribution >= 4 is 5.97 Å². The normalized spacial score (nSPS) is 52.2. The van der Waals surface area contributed by atoms with Crippen LogP contribution < -0.4 is 0 Å². The van der Waals surface area contributed by atoms with Crippen LogP contribution >= 0.6 is 0 Å². The molecule has 0 N–H and O–H groups in total. The monoisotopic (exact) mass is 318 g/mol. The van der Waals surface area contributed by atoms with E-state index in [1.165, 1.54) is 57.8 Å². The Kier molecular flexibility index (Phi) is 3.81. The first kappa shape index (κ1) is 16.0. The van der Waals surface area contributed by atoms with Gasteiger partial charge in [-0.2, -0.15) is 0 Å². The van der Waals surface area contributed by atoms with Gasteiger partial charge in [-0.15, -0.1) is 0 Å². The fourth-order valence-corrected chi connectivity index (χ4v) is 7.67. The molecule has 0 aromatic heterocycles. The third-order valence-electron chi connectivity index (χ3n) is 8.77. The van der Waals surface area contributed by atoms with Gasteiger partial charge >= 0.3 is 5.97 Å². The van der Waals surface area contributed by atoms with Gasteiger partial charge in [0.2, 0.25) is 0 Å². The van der Waals surface area contributed by atoms with E-state index in [0.717, 1.165) is 30.1 Å². The summed E-state index contributed by atoms with van der Waals surface area (Å²) in [5, 5.41) is 0. The topological polar surface area (TPSA) is 26.3 Å². The van der Waals surface area contributed by atoms with Crippen LogP contribution in [0.2, 0.25) is 0 Å². The molecule has 0 aliphatic heterocycles. The van der Waals surface area contributed by atoms with Gasteiger partial charge in [0.15, 0.2) is 0 Å². The van der Waals surface area contributed by atoms with E-state index in [1.807, 2.05) is 0 Å². The first-order valence-corrected chi connectivity index (χ1v) is 10.1. The van der Waals surface area contributed by atoms with Crippen LogP contribution in [0.5, 0.6) is 0 Å². The Bertz CT molecular complexity index is 486. The van der Waals surface area contributed by atoms with Crippen LogP contribution in [0.4, 0.5) is 0 Å². The Morgan fingerprint density at radius 2 is 1.74 bits per heavy atom. The maximum absolute atomic E-state index is 11.7. The van der Waals surface area contributed by atoms with E-state index in [1.54, 1.807) is 6.92 Å². The second kappa shape index (κ2) is 5.49. The summed E-state index contributed by atoms with van der Waals surface area (Å²) in [6.45, 7) is 6.67. The van der Waals surface area contributed by atoms with Crippen molar-refractivity contribution in [3.05, 3.63) is 0 Å². The molecule has 4 fully saturated rings. The Morgan fingerprint density at radius 3 is 2.52 bits per heavy atom. The quantitative estimate of drug-likeness (QED) is 0.609. The van der Waals surface area contributed by atoms with Gasteiger partial charge in [-0.25, -0.2) is 0 Å². The minimum atomic E-state index is -0.0690. The zero-order valence-corrected chi connectivity index (χ0v) is 15.3. The lowest BCUT2D eigenvalue weighted by Crippen LogP contribution is -2.57. The summed E-state index contributed by atoms with van der Waals surface area (Å²) in [4.78, 5) is 11.7. The van der Waals surface area contributed by atoms with Crippen LogP contribution in [0.25, 0.3) is 0 Å². The molecule has 130 valence electrons. The maximum atomic E-state index is 11.7. The minimum absolute atomic E-state index is 0.0690. The van der Waals surface area contributed by atoms with Crippen LogP contribution in [-0.4, -0.2) is 12.1 Å². The van der Waals surface area contributed by atoms with E-state index in [2.05, 4.69) is 13.8 Å². The molecular formula is C21H34O2. The first-order chi connectivity index (χ1) is 10.9. The molecule has 0 heterocycles. The predicted molar refractivity (Wildman–Crippen MR) is 91.9 cm³/mol. The highest BCUT2D eigenvalue weighted by Crippen LogP contribution is 2.66. The Morgan fingerprint density at radius 1 is 0.913 bits per heavy atom. The summed E-state index contributed by atoms with van der Waals surface area (Å²) in [5.74, 6) is 3.35. The average Bonchev–Trinajstić information content (AvgIpc) is 2.89. The third kappa shape index (κ3) is 2.30. The van der Waals surface area contributed by atoms with Crippen molar-refractivity contribution in [2.24, 2.45) is 34.5 Å². The number of rotatable bonds is 1. The standard InChI is InChI=1S/C21H34O2/c1-14(22)23-19-8-4-6-15-9-10-16-17-7-5-12-20(17,2)13-11-18(16)21(15,19)3/h15-19H,4-13H2,1-3H3/t15-,16-,17+,18+,19+,20-,21-/m1/s1. The van der Waals surface area contributed by atoms with Gasteiger partial charge in [-0.05, 0) is 86.9 Å². The Hall–Kier alpha value is -0.530. The summed E-state index contributed by atoms with van der Waals surface area (Å²) in [5.41, 5.74) is 0.868. The number of carbonyl (C=O) groups is 1. The van der Waals surface area contributed by atoms with Crippen molar-refractivity contribution in [1.29, 1.82) is 0 Å². The van der Waals surface area contributed by atoms with Gasteiger partial charge in [0.05, 0.1) is 0 Å². The fraction of sp³-hybridized carbons (Fsp3) is 0.952. The van der Waals surface area contributed by atoms with Crippen molar-refractivity contribution in [2.75, 3.05) is 0 Å². The van der Waals surface area contributed by atoms with Gasteiger partial charge in [0.1, 0.15) is 6.10 Å². The number of fused-ring (bicyclic) bond motifs is 5. The van der Waals surface area contributed by atoms with Gasteiger partial charge in [0.25, 0.3) is 0 Å². The van der Waals surface area contributed by atoms with Gasteiger partial charge in [-0.3, -0.25) is 4.79 Å². The molecule has 0 bridgehead atoms. The highest BCUT2D eigenvalue weighted by atomic mass is 16.5. The summed E-state index contributed by atoms with van der Waals surface area (Å²) >= 11 is 0. The molecule has 0 saturated heterocycles. The molecular weight excluding hydrogens is 284 g/mol. The lowest BCUT2D eigenvalue weighted by molar-refractivity contribution is -0.188. The Labute approximate surface area is 141 Å². The van der Waals surface area contributed by atoms with Crippen molar-refractivity contribution < 1.29 is 9.53 Å². The molecule has 23 heavy (non-hydrogen) atoms. The molecule has 4 rings (SSSR count). The van der Waals surface area contributed by atoms with Crippen LogP contribution in [0.1, 0.15) is 85.0 Å². The number of esters is 1. The molecule has 4 saturated carbocycles. The molecule has 0 aromatic carbocycles. The average molecular weight is 319 g/mol. The second-order valence-corrected chi connectivity index (χ2v) is 9.63. The Balaban J connectivity index is 1.66. The highest BCUT2D eigenvalue weighted by molar-refractivity contribution is 5.66. The maximum Gasteiger partial charge on any atom is 0.302 e. The lowest BCUT2D eigenvalue weighted by atomic mass is 9.44.